The van der Waals surface area contributed by atoms with Crippen LogP contribution in [0.1, 0.15) is 33.1 Å². The molecule has 1 aliphatic rings. The van der Waals surface area contributed by atoms with Crippen molar-refractivity contribution in [1.82, 2.24) is 5.32 Å². The predicted octanol–water partition coefficient (Wildman–Crippen LogP) is 3.06. The van der Waals surface area contributed by atoms with E-state index in [9.17, 15) is 4.79 Å². The van der Waals surface area contributed by atoms with Crippen LogP contribution in [-0.2, 0) is 4.74 Å². The van der Waals surface area contributed by atoms with Gasteiger partial charge in [0.05, 0.1) is 13.0 Å². The maximum absolute atomic E-state index is 11.4. The molecule has 1 aliphatic heterocycles. The lowest BCUT2D eigenvalue weighted by molar-refractivity contribution is -0.285. The van der Waals surface area contributed by atoms with Gasteiger partial charge < -0.3 is 24.3 Å². The van der Waals surface area contributed by atoms with Crippen LogP contribution in [0.15, 0.2) is 18.2 Å². The van der Waals surface area contributed by atoms with Crippen LogP contribution in [0.3, 0.4) is 0 Å². The van der Waals surface area contributed by atoms with Gasteiger partial charge in [0.2, 0.25) is 5.75 Å². The highest BCUT2D eigenvalue weighted by Gasteiger charge is 2.44. The van der Waals surface area contributed by atoms with Crippen molar-refractivity contribution in [2.45, 2.75) is 39.1 Å². The summed E-state index contributed by atoms with van der Waals surface area (Å²) in [6, 6.07) is 5.15. The molecule has 0 fully saturated rings. The van der Waals surface area contributed by atoms with Crippen molar-refractivity contribution >= 4 is 6.09 Å². The van der Waals surface area contributed by atoms with Gasteiger partial charge in [-0.25, -0.2) is 4.79 Å². The number of nitrogens with one attached hydrogen (secondary N) is 1. The summed E-state index contributed by atoms with van der Waals surface area (Å²) >= 11 is 0. The molecule has 0 radical (unpaired) electrons. The molecule has 1 aromatic carbocycles. The van der Waals surface area contributed by atoms with Crippen molar-refractivity contribution in [3.05, 3.63) is 18.2 Å². The zero-order valence-electron chi connectivity index (χ0n) is 12.6. The Kier molecular flexibility index (Phi) is 4.90. The maximum Gasteiger partial charge on any atom is 0.412 e. The molecule has 0 saturated carbocycles. The SMILES string of the molecule is CCCOC1(CCC)Oc2cccc(OC(=O)NC)c2O1. The second-order valence-electron chi connectivity index (χ2n) is 4.71. The van der Waals surface area contributed by atoms with Crippen LogP contribution in [0.2, 0.25) is 0 Å². The summed E-state index contributed by atoms with van der Waals surface area (Å²) in [6.45, 7) is 4.57. The van der Waals surface area contributed by atoms with E-state index >= 15 is 0 Å². The van der Waals surface area contributed by atoms with Gasteiger partial charge in [-0.3, -0.25) is 0 Å². The van der Waals surface area contributed by atoms with E-state index in [-0.39, 0.29) is 0 Å². The van der Waals surface area contributed by atoms with E-state index in [1.807, 2.05) is 13.8 Å². The molecule has 0 bridgehead atoms. The number of fused-ring (bicyclic) bond motifs is 1. The number of hydrogen-bond donors (Lipinski definition) is 1. The van der Waals surface area contributed by atoms with Gasteiger partial charge >= 0.3 is 12.1 Å². The lowest BCUT2D eigenvalue weighted by Crippen LogP contribution is -2.41. The smallest absolute Gasteiger partial charge is 0.412 e. The highest BCUT2D eigenvalue weighted by atomic mass is 16.9. The molecule has 0 saturated heterocycles. The Morgan fingerprint density at radius 2 is 2.10 bits per heavy atom. The second-order valence-corrected chi connectivity index (χ2v) is 4.71. The number of hydrogen-bond acceptors (Lipinski definition) is 5. The van der Waals surface area contributed by atoms with Crippen molar-refractivity contribution in [3.8, 4) is 17.2 Å². The molecule has 1 atom stereocenters. The average molecular weight is 295 g/mol. The van der Waals surface area contributed by atoms with Gasteiger partial charge in [-0.1, -0.05) is 19.9 Å². The highest BCUT2D eigenvalue weighted by Crippen LogP contribution is 2.47. The first-order valence-electron chi connectivity index (χ1n) is 7.18. The van der Waals surface area contributed by atoms with Gasteiger partial charge in [0, 0.05) is 7.05 Å². The molecule has 0 aliphatic carbocycles. The minimum Gasteiger partial charge on any atom is -0.426 e. The van der Waals surface area contributed by atoms with Crippen molar-refractivity contribution in [2.75, 3.05) is 13.7 Å². The largest absolute Gasteiger partial charge is 0.426 e. The van der Waals surface area contributed by atoms with Crippen molar-refractivity contribution in [2.24, 2.45) is 0 Å². The number of benzene rings is 1. The van der Waals surface area contributed by atoms with E-state index in [1.165, 1.54) is 7.05 Å². The average Bonchev–Trinajstić information content (AvgIpc) is 2.85. The highest BCUT2D eigenvalue weighted by molar-refractivity contribution is 5.72. The first-order valence-corrected chi connectivity index (χ1v) is 7.18. The van der Waals surface area contributed by atoms with E-state index in [0.29, 0.717) is 30.3 Å². The third-order valence-electron chi connectivity index (χ3n) is 2.95. The molecular weight excluding hydrogens is 274 g/mol. The number of carbonyl (C=O) groups is 1. The Hall–Kier alpha value is -1.95. The zero-order chi connectivity index (χ0) is 15.3. The van der Waals surface area contributed by atoms with Crippen LogP contribution in [0.4, 0.5) is 4.79 Å². The summed E-state index contributed by atoms with van der Waals surface area (Å²) in [5.41, 5.74) is 0. The maximum atomic E-state index is 11.4. The molecule has 1 aromatic rings. The summed E-state index contributed by atoms with van der Waals surface area (Å²) in [5, 5.41) is 2.40. The first kappa shape index (κ1) is 15.4. The summed E-state index contributed by atoms with van der Waals surface area (Å²) in [4.78, 5) is 11.4. The van der Waals surface area contributed by atoms with Crippen LogP contribution in [0.25, 0.3) is 0 Å². The van der Waals surface area contributed by atoms with Crippen LogP contribution in [0.5, 0.6) is 17.2 Å². The monoisotopic (exact) mass is 295 g/mol. The van der Waals surface area contributed by atoms with Crippen LogP contribution in [0, 0.1) is 0 Å². The Bertz CT molecular complexity index is 505. The van der Waals surface area contributed by atoms with Crippen molar-refractivity contribution < 1.29 is 23.7 Å². The number of rotatable bonds is 6. The fourth-order valence-corrected chi connectivity index (χ4v) is 2.05. The molecular formula is C15H21NO5. The molecule has 21 heavy (non-hydrogen) atoms. The third kappa shape index (κ3) is 3.39. The number of carbonyl (C=O) groups excluding carboxylic acids is 1. The Morgan fingerprint density at radius 1 is 1.29 bits per heavy atom. The molecule has 0 spiro atoms. The summed E-state index contributed by atoms with van der Waals surface area (Å²) in [7, 11) is 1.49. The molecule has 1 amide bonds. The summed E-state index contributed by atoms with van der Waals surface area (Å²) in [6.07, 6.45) is 1.72. The second kappa shape index (κ2) is 6.67. The minimum atomic E-state index is -1.13. The standard InChI is InChI=1S/C15H21NO5/c1-4-9-15(18-10-5-2)20-12-8-6-7-11(13(12)21-15)19-14(17)16-3/h6-8H,4-5,9-10H2,1-3H3,(H,16,17). The fraction of sp³-hybridized carbons (Fsp3) is 0.533. The van der Waals surface area contributed by atoms with Crippen LogP contribution in [-0.4, -0.2) is 25.7 Å². The Labute approximate surface area is 124 Å². The Morgan fingerprint density at radius 3 is 2.76 bits per heavy atom. The molecule has 1 heterocycles. The van der Waals surface area contributed by atoms with E-state index in [0.717, 1.165) is 12.8 Å². The molecule has 6 heteroatoms. The Balaban J connectivity index is 2.23. The molecule has 2 rings (SSSR count). The summed E-state index contributed by atoms with van der Waals surface area (Å²) < 4.78 is 22.6. The minimum absolute atomic E-state index is 0.310. The fourth-order valence-electron chi connectivity index (χ4n) is 2.05. The predicted molar refractivity (Wildman–Crippen MR) is 76.7 cm³/mol. The lowest BCUT2D eigenvalue weighted by atomic mass is 10.3. The topological polar surface area (TPSA) is 66.0 Å². The molecule has 1 unspecified atom stereocenters. The van der Waals surface area contributed by atoms with Gasteiger partial charge in [-0.15, -0.1) is 0 Å². The molecule has 6 nitrogen and oxygen atoms in total. The number of ether oxygens (including phenoxy) is 4. The van der Waals surface area contributed by atoms with E-state index in [4.69, 9.17) is 18.9 Å². The number of amides is 1. The van der Waals surface area contributed by atoms with E-state index in [1.54, 1.807) is 18.2 Å². The van der Waals surface area contributed by atoms with Gasteiger partial charge in [0.1, 0.15) is 0 Å². The zero-order valence-corrected chi connectivity index (χ0v) is 12.6. The van der Waals surface area contributed by atoms with Crippen LogP contribution < -0.4 is 19.5 Å². The van der Waals surface area contributed by atoms with E-state index < -0.39 is 12.1 Å². The number of para-hydroxylation sites is 1. The summed E-state index contributed by atoms with van der Waals surface area (Å²) in [5.74, 6) is 0.0893. The molecule has 1 N–H and O–H groups in total. The van der Waals surface area contributed by atoms with Gasteiger partial charge in [0.25, 0.3) is 0 Å². The molecule has 116 valence electrons. The van der Waals surface area contributed by atoms with Crippen LogP contribution >= 0.6 is 0 Å². The molecule has 0 aromatic heterocycles. The first-order chi connectivity index (χ1) is 10.1. The normalized spacial score (nSPS) is 19.4. The quantitative estimate of drug-likeness (QED) is 0.873. The lowest BCUT2D eigenvalue weighted by Gasteiger charge is -2.26. The third-order valence-corrected chi connectivity index (χ3v) is 2.95. The van der Waals surface area contributed by atoms with Gasteiger partial charge in [-0.05, 0) is 25.0 Å². The van der Waals surface area contributed by atoms with Gasteiger partial charge in [0.15, 0.2) is 11.5 Å². The van der Waals surface area contributed by atoms with Crippen molar-refractivity contribution in [3.63, 3.8) is 0 Å². The van der Waals surface area contributed by atoms with Gasteiger partial charge in [-0.2, -0.15) is 0 Å². The van der Waals surface area contributed by atoms with E-state index in [2.05, 4.69) is 5.32 Å². The van der Waals surface area contributed by atoms with Crippen molar-refractivity contribution in [1.29, 1.82) is 0 Å².